The average Bonchev–Trinajstić information content (AvgIpc) is 3.18. The molecular weight excluding hydrogens is 385 g/mol. The molecule has 150 valence electrons. The minimum Gasteiger partial charge on any atom is -0.368 e. The maximum absolute atomic E-state index is 13.9. The van der Waals surface area contributed by atoms with Crippen molar-refractivity contribution in [2.75, 3.05) is 0 Å². The molecule has 1 atom stereocenters. The van der Waals surface area contributed by atoms with Crippen molar-refractivity contribution in [1.82, 2.24) is 20.3 Å². The highest BCUT2D eigenvalue weighted by Crippen LogP contribution is 2.21. The summed E-state index contributed by atoms with van der Waals surface area (Å²) in [6, 6.07) is 13.6. The second kappa shape index (κ2) is 8.12. The van der Waals surface area contributed by atoms with Gasteiger partial charge in [0.25, 0.3) is 5.91 Å². The number of H-pyrrole nitrogens is 1. The Hall–Kier alpha value is -4.07. The predicted octanol–water partition coefficient (Wildman–Crippen LogP) is 2.59. The number of benzene rings is 2. The molecule has 4 rings (SSSR count). The van der Waals surface area contributed by atoms with E-state index in [1.807, 2.05) is 12.1 Å². The summed E-state index contributed by atoms with van der Waals surface area (Å²) in [5.74, 6) is -1.04. The third-order valence-electron chi connectivity index (χ3n) is 4.73. The Morgan fingerprint density at radius 3 is 2.60 bits per heavy atom. The van der Waals surface area contributed by atoms with Gasteiger partial charge in [-0.3, -0.25) is 14.6 Å². The number of halogens is 1. The molecule has 2 aromatic heterocycles. The van der Waals surface area contributed by atoms with E-state index < -0.39 is 23.7 Å². The number of carbonyl (C=O) groups excluding carboxylic acids is 2. The van der Waals surface area contributed by atoms with Crippen LogP contribution in [0.25, 0.3) is 22.4 Å². The number of aromatic nitrogens is 3. The van der Waals surface area contributed by atoms with Crippen LogP contribution in [0.15, 0.2) is 67.0 Å². The van der Waals surface area contributed by atoms with Crippen LogP contribution in [0.1, 0.15) is 15.9 Å². The molecule has 0 radical (unpaired) electrons. The average molecular weight is 403 g/mol. The molecule has 4 N–H and O–H groups in total. The van der Waals surface area contributed by atoms with Crippen molar-refractivity contribution in [2.45, 2.75) is 12.5 Å². The molecule has 0 bridgehead atoms. The molecule has 8 heteroatoms. The summed E-state index contributed by atoms with van der Waals surface area (Å²) in [5, 5.41) is 2.59. The van der Waals surface area contributed by atoms with Gasteiger partial charge in [-0.25, -0.2) is 9.37 Å². The van der Waals surface area contributed by atoms with Crippen LogP contribution in [0.4, 0.5) is 4.39 Å². The minimum atomic E-state index is -1.04. The molecule has 0 aliphatic carbocycles. The van der Waals surface area contributed by atoms with Gasteiger partial charge in [0.05, 0.1) is 11.0 Å². The number of amides is 2. The summed E-state index contributed by atoms with van der Waals surface area (Å²) in [5.41, 5.74) is 8.27. The van der Waals surface area contributed by atoms with Gasteiger partial charge in [0.15, 0.2) is 0 Å². The number of nitrogens with two attached hydrogens (primary N) is 1. The number of imidazole rings is 1. The van der Waals surface area contributed by atoms with Crippen LogP contribution in [0, 0.1) is 5.82 Å². The fourth-order valence-corrected chi connectivity index (χ4v) is 3.15. The molecule has 2 amide bonds. The smallest absolute Gasteiger partial charge is 0.252 e. The first kappa shape index (κ1) is 19.3. The third kappa shape index (κ3) is 4.02. The normalized spacial score (nSPS) is 11.9. The molecule has 0 saturated heterocycles. The maximum Gasteiger partial charge on any atom is 0.252 e. The van der Waals surface area contributed by atoms with Crippen molar-refractivity contribution < 1.29 is 14.0 Å². The number of aromatic amines is 1. The van der Waals surface area contributed by atoms with E-state index in [4.69, 9.17) is 5.73 Å². The first-order chi connectivity index (χ1) is 14.5. The van der Waals surface area contributed by atoms with Crippen LogP contribution >= 0.6 is 0 Å². The highest BCUT2D eigenvalue weighted by Gasteiger charge is 2.21. The lowest BCUT2D eigenvalue weighted by Gasteiger charge is -2.16. The van der Waals surface area contributed by atoms with Crippen LogP contribution in [0.2, 0.25) is 0 Å². The number of nitrogens with zero attached hydrogens (tertiary/aromatic N) is 2. The number of hydrogen-bond donors (Lipinski definition) is 3. The largest absolute Gasteiger partial charge is 0.368 e. The van der Waals surface area contributed by atoms with Crippen LogP contribution in [-0.4, -0.2) is 32.8 Å². The van der Waals surface area contributed by atoms with E-state index in [9.17, 15) is 14.0 Å². The van der Waals surface area contributed by atoms with Crippen molar-refractivity contribution in [3.8, 4) is 11.4 Å². The highest BCUT2D eigenvalue weighted by molar-refractivity contribution is 6.00. The molecule has 30 heavy (non-hydrogen) atoms. The Morgan fingerprint density at radius 1 is 1.10 bits per heavy atom. The Labute approximate surface area is 171 Å². The minimum absolute atomic E-state index is 0.0355. The second-order valence-corrected chi connectivity index (χ2v) is 6.78. The number of pyridine rings is 1. The Kier molecular flexibility index (Phi) is 5.21. The summed E-state index contributed by atoms with van der Waals surface area (Å²) >= 11 is 0. The van der Waals surface area contributed by atoms with Gasteiger partial charge in [-0.05, 0) is 42.0 Å². The van der Waals surface area contributed by atoms with Crippen molar-refractivity contribution in [2.24, 2.45) is 5.73 Å². The lowest BCUT2D eigenvalue weighted by molar-refractivity contribution is -0.119. The summed E-state index contributed by atoms with van der Waals surface area (Å²) in [6.45, 7) is 0. The van der Waals surface area contributed by atoms with E-state index in [1.165, 1.54) is 6.07 Å². The van der Waals surface area contributed by atoms with E-state index in [-0.39, 0.29) is 6.42 Å². The van der Waals surface area contributed by atoms with Crippen LogP contribution in [0.5, 0.6) is 0 Å². The fraction of sp³-hybridized carbons (Fsp3) is 0.0909. The number of nitrogens with one attached hydrogen (secondary N) is 2. The molecule has 2 heterocycles. The quantitative estimate of drug-likeness (QED) is 0.459. The zero-order valence-corrected chi connectivity index (χ0v) is 15.8. The molecule has 0 saturated carbocycles. The standard InChI is InChI=1S/C22H18FN5O2/c23-16-4-2-1-3-14(16)11-19(20(24)29)28-22(30)15-5-6-17-18(12-15)27-21(26-17)13-7-9-25-10-8-13/h1-10,12,19H,11H2,(H2,24,29)(H,26,27)(H,28,30). The lowest BCUT2D eigenvalue weighted by Crippen LogP contribution is -2.46. The number of rotatable bonds is 6. The number of primary amides is 1. The molecule has 0 spiro atoms. The van der Waals surface area contributed by atoms with Gasteiger partial charge >= 0.3 is 0 Å². The molecule has 0 fully saturated rings. The monoisotopic (exact) mass is 403 g/mol. The van der Waals surface area contributed by atoms with Gasteiger partial charge in [0.2, 0.25) is 5.91 Å². The summed E-state index contributed by atoms with van der Waals surface area (Å²) in [7, 11) is 0. The Balaban J connectivity index is 1.55. The first-order valence-electron chi connectivity index (χ1n) is 9.25. The summed E-state index contributed by atoms with van der Waals surface area (Å²) < 4.78 is 13.9. The Bertz CT molecular complexity index is 1220. The molecule has 1 unspecified atom stereocenters. The number of fused-ring (bicyclic) bond motifs is 1. The van der Waals surface area contributed by atoms with Gasteiger partial charge in [0, 0.05) is 29.9 Å². The third-order valence-corrected chi connectivity index (χ3v) is 4.73. The van der Waals surface area contributed by atoms with E-state index in [1.54, 1.807) is 48.8 Å². The van der Waals surface area contributed by atoms with Gasteiger partial charge in [-0.1, -0.05) is 18.2 Å². The summed E-state index contributed by atoms with van der Waals surface area (Å²) in [4.78, 5) is 36.2. The molecular formula is C22H18FN5O2. The summed E-state index contributed by atoms with van der Waals surface area (Å²) in [6.07, 6.45) is 3.30. The maximum atomic E-state index is 13.9. The van der Waals surface area contributed by atoms with E-state index in [0.29, 0.717) is 28.0 Å². The molecule has 2 aromatic carbocycles. The van der Waals surface area contributed by atoms with Crippen molar-refractivity contribution in [1.29, 1.82) is 0 Å². The van der Waals surface area contributed by atoms with Crippen molar-refractivity contribution in [3.05, 3.63) is 83.9 Å². The molecule has 4 aromatic rings. The van der Waals surface area contributed by atoms with Gasteiger partial charge in [-0.15, -0.1) is 0 Å². The lowest BCUT2D eigenvalue weighted by atomic mass is 10.0. The predicted molar refractivity (Wildman–Crippen MR) is 110 cm³/mol. The first-order valence-corrected chi connectivity index (χ1v) is 9.25. The van der Waals surface area contributed by atoms with E-state index >= 15 is 0 Å². The highest BCUT2D eigenvalue weighted by atomic mass is 19.1. The zero-order chi connectivity index (χ0) is 21.1. The molecule has 0 aliphatic rings. The van der Waals surface area contributed by atoms with Crippen molar-refractivity contribution in [3.63, 3.8) is 0 Å². The number of hydrogen-bond acceptors (Lipinski definition) is 4. The zero-order valence-electron chi connectivity index (χ0n) is 15.8. The SMILES string of the molecule is NC(=O)C(Cc1ccccc1F)NC(=O)c1ccc2nc(-c3ccncc3)[nH]c2c1. The van der Waals surface area contributed by atoms with Crippen LogP contribution in [0.3, 0.4) is 0 Å². The van der Waals surface area contributed by atoms with E-state index in [0.717, 1.165) is 5.56 Å². The van der Waals surface area contributed by atoms with Crippen molar-refractivity contribution >= 4 is 22.8 Å². The fourth-order valence-electron chi connectivity index (χ4n) is 3.15. The van der Waals surface area contributed by atoms with Gasteiger partial charge < -0.3 is 16.0 Å². The van der Waals surface area contributed by atoms with Crippen LogP contribution < -0.4 is 11.1 Å². The van der Waals surface area contributed by atoms with Gasteiger partial charge in [-0.2, -0.15) is 0 Å². The molecule has 7 nitrogen and oxygen atoms in total. The van der Waals surface area contributed by atoms with Crippen LogP contribution in [-0.2, 0) is 11.2 Å². The number of carbonyl (C=O) groups is 2. The molecule has 0 aliphatic heterocycles. The second-order valence-electron chi connectivity index (χ2n) is 6.78. The van der Waals surface area contributed by atoms with E-state index in [2.05, 4.69) is 20.3 Å². The topological polar surface area (TPSA) is 114 Å². The van der Waals surface area contributed by atoms with Gasteiger partial charge in [0.1, 0.15) is 17.7 Å². The Morgan fingerprint density at radius 2 is 1.87 bits per heavy atom.